The van der Waals surface area contributed by atoms with Crippen molar-refractivity contribution >= 4 is 61.9 Å². The summed E-state index contributed by atoms with van der Waals surface area (Å²) < 4.78 is 27.0. The summed E-state index contributed by atoms with van der Waals surface area (Å²) in [4.78, 5) is 0.0806. The van der Waals surface area contributed by atoms with Crippen LogP contribution < -0.4 is 15.8 Å². The van der Waals surface area contributed by atoms with Crippen LogP contribution in [-0.4, -0.2) is 13.5 Å². The number of thiocarbonyl (C=S) groups is 1. The molecule has 22 heavy (non-hydrogen) atoms. The van der Waals surface area contributed by atoms with Crippen molar-refractivity contribution in [3.05, 3.63) is 52.5 Å². The number of sulfonamides is 1. The van der Waals surface area contributed by atoms with Gasteiger partial charge in [-0.25, -0.2) is 8.42 Å². The molecule has 9 heteroatoms. The number of hydrogen-bond acceptors (Lipinski definition) is 3. The fourth-order valence-corrected chi connectivity index (χ4v) is 3.37. The molecule has 2 rings (SSSR count). The fourth-order valence-electron chi connectivity index (χ4n) is 1.69. The van der Waals surface area contributed by atoms with Crippen LogP contribution in [0, 0.1) is 0 Å². The van der Waals surface area contributed by atoms with E-state index in [0.29, 0.717) is 15.7 Å². The normalized spacial score (nSPS) is 11.0. The van der Waals surface area contributed by atoms with Gasteiger partial charge in [0.15, 0.2) is 5.11 Å². The molecule has 4 N–H and O–H groups in total. The second-order valence-corrected chi connectivity index (χ2v) is 7.27. The van der Waals surface area contributed by atoms with Crippen molar-refractivity contribution in [1.82, 2.24) is 0 Å². The molecule has 0 aliphatic heterocycles. The quantitative estimate of drug-likeness (QED) is 0.712. The molecule has 0 aromatic heterocycles. The summed E-state index contributed by atoms with van der Waals surface area (Å²) in [6.07, 6.45) is 0. The van der Waals surface area contributed by atoms with E-state index in [1.54, 1.807) is 12.1 Å². The van der Waals surface area contributed by atoms with E-state index in [2.05, 4.69) is 10.0 Å². The first-order valence-electron chi connectivity index (χ1n) is 5.92. The minimum atomic E-state index is -3.75. The van der Waals surface area contributed by atoms with Crippen LogP contribution in [0.1, 0.15) is 0 Å². The maximum Gasteiger partial charge on any atom is 0.261 e. The Hall–Kier alpha value is -1.54. The molecular formula is C13H11Cl2N3O2S2. The third-order valence-electron chi connectivity index (χ3n) is 2.55. The predicted octanol–water partition coefficient (Wildman–Crippen LogP) is 3.45. The first kappa shape index (κ1) is 16.8. The standard InChI is InChI=1S/C13H11Cl2N3O2S2/c14-8-5-9(15)7-11(6-8)18-22(19,20)12-3-1-10(2-4-12)17-13(16)21/h1-7,18H,(H3,16,17,21). The van der Waals surface area contributed by atoms with Gasteiger partial charge in [-0.2, -0.15) is 0 Å². The van der Waals surface area contributed by atoms with Gasteiger partial charge in [-0.05, 0) is 54.7 Å². The van der Waals surface area contributed by atoms with Crippen LogP contribution in [0.3, 0.4) is 0 Å². The number of nitrogens with one attached hydrogen (secondary N) is 2. The number of halogens is 2. The van der Waals surface area contributed by atoms with Crippen molar-refractivity contribution in [2.45, 2.75) is 4.90 Å². The van der Waals surface area contributed by atoms with E-state index in [0.717, 1.165) is 0 Å². The van der Waals surface area contributed by atoms with Crippen LogP contribution in [0.15, 0.2) is 47.4 Å². The smallest absolute Gasteiger partial charge is 0.261 e. The third kappa shape index (κ3) is 4.48. The predicted molar refractivity (Wildman–Crippen MR) is 94.1 cm³/mol. The van der Waals surface area contributed by atoms with Gasteiger partial charge in [0.25, 0.3) is 10.0 Å². The van der Waals surface area contributed by atoms with E-state index in [1.807, 2.05) is 0 Å². The molecule has 0 fully saturated rings. The van der Waals surface area contributed by atoms with Crippen molar-refractivity contribution in [2.75, 3.05) is 10.0 Å². The van der Waals surface area contributed by atoms with E-state index < -0.39 is 10.0 Å². The molecule has 0 spiro atoms. The summed E-state index contributed by atoms with van der Waals surface area (Å²) in [5.41, 5.74) is 6.22. The Morgan fingerprint density at radius 2 is 1.55 bits per heavy atom. The lowest BCUT2D eigenvalue weighted by molar-refractivity contribution is 0.601. The summed E-state index contributed by atoms with van der Waals surface area (Å²) >= 11 is 16.4. The molecule has 2 aromatic carbocycles. The van der Waals surface area contributed by atoms with E-state index in [1.165, 1.54) is 30.3 Å². The molecule has 0 aliphatic rings. The molecule has 0 heterocycles. The minimum absolute atomic E-state index is 0.0806. The molecule has 116 valence electrons. The van der Waals surface area contributed by atoms with E-state index in [4.69, 9.17) is 41.2 Å². The van der Waals surface area contributed by atoms with Crippen molar-refractivity contribution in [3.8, 4) is 0 Å². The van der Waals surface area contributed by atoms with E-state index in [9.17, 15) is 8.42 Å². The van der Waals surface area contributed by atoms with Crippen LogP contribution in [0.5, 0.6) is 0 Å². The number of nitrogens with two attached hydrogens (primary N) is 1. The zero-order chi connectivity index (χ0) is 16.3. The van der Waals surface area contributed by atoms with Gasteiger partial charge in [-0.3, -0.25) is 4.72 Å². The highest BCUT2D eigenvalue weighted by Gasteiger charge is 2.14. The molecule has 2 aromatic rings. The van der Waals surface area contributed by atoms with Gasteiger partial charge in [-0.1, -0.05) is 23.2 Å². The maximum atomic E-state index is 12.3. The Labute approximate surface area is 143 Å². The second-order valence-electron chi connectivity index (χ2n) is 4.28. The first-order valence-corrected chi connectivity index (χ1v) is 8.56. The maximum absolute atomic E-state index is 12.3. The summed E-state index contributed by atoms with van der Waals surface area (Å²) in [5.74, 6) is 0. The van der Waals surface area contributed by atoms with Crippen molar-refractivity contribution in [1.29, 1.82) is 0 Å². The first-order chi connectivity index (χ1) is 10.3. The highest BCUT2D eigenvalue weighted by Crippen LogP contribution is 2.25. The zero-order valence-corrected chi connectivity index (χ0v) is 14.2. The third-order valence-corrected chi connectivity index (χ3v) is 4.48. The topological polar surface area (TPSA) is 84.2 Å². The molecule has 0 bridgehead atoms. The highest BCUT2D eigenvalue weighted by molar-refractivity contribution is 7.92. The summed E-state index contributed by atoms with van der Waals surface area (Å²) in [5, 5.41) is 3.48. The average Bonchev–Trinajstić information content (AvgIpc) is 2.36. The Morgan fingerprint density at radius 3 is 2.05 bits per heavy atom. The Kier molecular flexibility index (Phi) is 5.12. The van der Waals surface area contributed by atoms with Gasteiger partial charge in [-0.15, -0.1) is 0 Å². The molecule has 0 atom stereocenters. The SMILES string of the molecule is NC(=S)Nc1ccc(S(=O)(=O)Nc2cc(Cl)cc(Cl)c2)cc1. The van der Waals surface area contributed by atoms with Crippen LogP contribution in [0.2, 0.25) is 10.0 Å². The molecule has 5 nitrogen and oxygen atoms in total. The molecule has 0 saturated carbocycles. The van der Waals surface area contributed by atoms with E-state index in [-0.39, 0.29) is 15.7 Å². The lowest BCUT2D eigenvalue weighted by Crippen LogP contribution is -2.19. The summed E-state index contributed by atoms with van der Waals surface area (Å²) in [6, 6.07) is 10.4. The zero-order valence-electron chi connectivity index (χ0n) is 11.0. The molecule has 0 unspecified atom stereocenters. The van der Waals surface area contributed by atoms with Crippen molar-refractivity contribution in [3.63, 3.8) is 0 Å². The van der Waals surface area contributed by atoms with Gasteiger partial charge in [0.1, 0.15) is 0 Å². The number of anilines is 2. The van der Waals surface area contributed by atoms with Gasteiger partial charge < -0.3 is 11.1 Å². The molecule has 0 saturated heterocycles. The lowest BCUT2D eigenvalue weighted by Gasteiger charge is -2.10. The Morgan fingerprint density at radius 1 is 1.00 bits per heavy atom. The van der Waals surface area contributed by atoms with Crippen LogP contribution in [0.4, 0.5) is 11.4 Å². The molecule has 0 aliphatic carbocycles. The Bertz CT molecular complexity index is 788. The van der Waals surface area contributed by atoms with Crippen LogP contribution in [-0.2, 0) is 10.0 Å². The van der Waals surface area contributed by atoms with E-state index >= 15 is 0 Å². The monoisotopic (exact) mass is 375 g/mol. The number of rotatable bonds is 4. The van der Waals surface area contributed by atoms with Crippen molar-refractivity contribution < 1.29 is 8.42 Å². The van der Waals surface area contributed by atoms with Crippen LogP contribution in [0.25, 0.3) is 0 Å². The Balaban J connectivity index is 2.24. The van der Waals surface area contributed by atoms with Gasteiger partial charge in [0.2, 0.25) is 0 Å². The van der Waals surface area contributed by atoms with Crippen LogP contribution >= 0.6 is 35.4 Å². The van der Waals surface area contributed by atoms with Crippen molar-refractivity contribution in [2.24, 2.45) is 5.73 Å². The van der Waals surface area contributed by atoms with Gasteiger partial charge >= 0.3 is 0 Å². The minimum Gasteiger partial charge on any atom is -0.376 e. The highest BCUT2D eigenvalue weighted by atomic mass is 35.5. The summed E-state index contributed by atoms with van der Waals surface area (Å²) in [6.45, 7) is 0. The van der Waals surface area contributed by atoms with Gasteiger partial charge in [0, 0.05) is 15.7 Å². The summed E-state index contributed by atoms with van der Waals surface area (Å²) in [7, 11) is -3.75. The molecule has 0 radical (unpaired) electrons. The fraction of sp³-hybridized carbons (Fsp3) is 0. The number of hydrogen-bond donors (Lipinski definition) is 3. The van der Waals surface area contributed by atoms with Gasteiger partial charge in [0.05, 0.1) is 10.6 Å². The second kappa shape index (κ2) is 6.70. The largest absolute Gasteiger partial charge is 0.376 e. The molecular weight excluding hydrogens is 365 g/mol. The number of benzene rings is 2. The lowest BCUT2D eigenvalue weighted by atomic mass is 10.3. The average molecular weight is 376 g/mol. The molecule has 0 amide bonds.